The molecule has 3 amide bonds. The summed E-state index contributed by atoms with van der Waals surface area (Å²) in [6.45, 7) is 22.6. The number of nitrogens with one attached hydrogen (secondary N) is 2. The second kappa shape index (κ2) is 31.9. The molecule has 1 saturated heterocycles. The summed E-state index contributed by atoms with van der Waals surface area (Å²) in [6, 6.07) is 10.8. The Morgan fingerprint density at radius 3 is 2.15 bits per heavy atom. The Hall–Kier alpha value is -8.13. The molecule has 0 aliphatic carbocycles. The van der Waals surface area contributed by atoms with Gasteiger partial charge < -0.3 is 78.9 Å². The summed E-state index contributed by atoms with van der Waals surface area (Å²) in [4.78, 5) is 143. The molecule has 0 radical (unpaired) electrons. The number of likely N-dealkylation sites (N-methyl/N-ethyl adjacent to an activating group) is 1. The number of aliphatic hydroxyl groups is 1. The van der Waals surface area contributed by atoms with Gasteiger partial charge in [0.2, 0.25) is 19.2 Å². The number of benzene rings is 4. The molecule has 1 spiro atoms. The molecule has 5 aliphatic rings. The number of allylic oxidation sites excluding steroid dienone is 2. The summed E-state index contributed by atoms with van der Waals surface area (Å²) >= 11 is 0. The number of hydrogen-bond donors (Lipinski definition) is 8. The minimum atomic E-state index is -5.02. The number of nitrogens with zero attached hydrogens (tertiary/aromatic N) is 4. The number of Topliss-reactive ketones (excluding diaryl/α,β-unsaturated/α-hetero) is 1. The van der Waals surface area contributed by atoms with Crippen LogP contribution in [0.25, 0.3) is 10.8 Å². The quantitative estimate of drug-likeness (QED) is 0.0199. The zero-order valence-corrected chi connectivity index (χ0v) is 62.1. The highest BCUT2D eigenvalue weighted by molar-refractivity contribution is 7.77. The number of fused-ring (bicyclic) bond motifs is 13. The summed E-state index contributed by atoms with van der Waals surface area (Å²) in [6.07, 6.45) is 2.86. The Balaban J connectivity index is 1.14. The van der Waals surface area contributed by atoms with Gasteiger partial charge in [-0.3, -0.25) is 52.7 Å². The van der Waals surface area contributed by atoms with Crippen molar-refractivity contribution >= 4 is 78.1 Å². The number of carbonyl (C=O) groups is 7. The van der Waals surface area contributed by atoms with Crippen molar-refractivity contribution in [1.82, 2.24) is 15.1 Å². The fourth-order valence-corrected chi connectivity index (χ4v) is 17.1. The second-order valence-electron chi connectivity index (χ2n) is 28.5. The molecule has 27 nitrogen and oxygen atoms in total. The summed E-state index contributed by atoms with van der Waals surface area (Å²) in [5, 5.41) is 42.4. The van der Waals surface area contributed by atoms with Crippen molar-refractivity contribution in [3.05, 3.63) is 118 Å². The average molecular weight is 1460 g/mol. The number of phenols is 2. The van der Waals surface area contributed by atoms with Gasteiger partial charge in [-0.05, 0) is 49.6 Å². The monoisotopic (exact) mass is 1450 g/mol. The summed E-state index contributed by atoms with van der Waals surface area (Å²) in [5.41, 5.74) is -1.80. The van der Waals surface area contributed by atoms with E-state index in [0.29, 0.717) is 37.4 Å². The van der Waals surface area contributed by atoms with E-state index in [1.807, 2.05) is 0 Å². The van der Waals surface area contributed by atoms with E-state index in [0.717, 1.165) is 23.6 Å². The number of aromatic hydroxyl groups is 2. The highest BCUT2D eigenvalue weighted by Crippen LogP contribution is 2.55. The topological polar surface area (TPSA) is 386 Å². The van der Waals surface area contributed by atoms with E-state index in [-0.39, 0.29) is 79.1 Å². The van der Waals surface area contributed by atoms with Crippen LogP contribution >= 0.6 is 15.0 Å². The summed E-state index contributed by atoms with van der Waals surface area (Å²) in [7, 11) is -7.03. The average Bonchev–Trinajstić information content (AvgIpc) is 1.52. The molecular weight excluding hydrogens is 1360 g/mol. The maximum atomic E-state index is 15.1. The molecule has 11 atom stereocenters. The number of esters is 3. The lowest BCUT2D eigenvalue weighted by molar-refractivity contribution is -0.166. The van der Waals surface area contributed by atoms with Gasteiger partial charge in [-0.25, -0.2) is 0 Å². The van der Waals surface area contributed by atoms with E-state index >= 15 is 4.79 Å². The van der Waals surface area contributed by atoms with E-state index in [2.05, 4.69) is 29.4 Å². The first-order valence-corrected chi connectivity index (χ1v) is 37.7. The van der Waals surface area contributed by atoms with Crippen molar-refractivity contribution in [3.63, 3.8) is 0 Å². The number of piperidine rings is 1. The van der Waals surface area contributed by atoms with Gasteiger partial charge in [0.05, 0.1) is 34.8 Å². The lowest BCUT2D eigenvalue weighted by Gasteiger charge is -2.39. The number of amides is 3. The van der Waals surface area contributed by atoms with Crippen molar-refractivity contribution in [3.8, 4) is 23.0 Å². The number of aliphatic hydroxyl groups excluding tert-OH is 1. The van der Waals surface area contributed by atoms with Crippen LogP contribution in [0.15, 0.2) is 94.7 Å². The zero-order valence-electron chi connectivity index (χ0n) is 60.3. The standard InChI is InChI=1S/C73H96N6O21P2/c1-16-54(82)98-52-26-25-48(101(90,91)38-102(92,93)94)34-49(52)71(11,12)35-53(81)74-50(33-47-23-18-17-19-24-47)70(89)78(14)37-55(83)99-65-40(4)21-20-22-41(5)69(88)75-61-60-59(76-73(77-60)28-30-79(31-29-73)36-39(2)3)56-57(64(61)86)63(85)45(9)67-58(56)68(87)72(13,100-67)96-32-27-51(95-15)42(6)66(97-46(10)80)44(8)62(84)43(65)7/h17-27,32,34,39-40,42-44,50-51,62,65-66,84-86H,16,28-31,33,35-38H2,1-15H3,(H,74,81)(H,75,88)(H,90,91)(H2,92,93,94)/b21-20+,32-27+,41-22-/t40-,42+,43-,44+,50-,51-,62+,65-,66+,72-/m0/s1. The summed E-state index contributed by atoms with van der Waals surface area (Å²) < 4.78 is 61.7. The van der Waals surface area contributed by atoms with Crippen molar-refractivity contribution in [2.75, 3.05) is 51.6 Å². The molecular formula is C73H96N6O21P2. The second-order valence-corrected chi connectivity index (χ2v) is 32.9. The predicted octanol–water partition coefficient (Wildman–Crippen LogP) is 7.20. The molecule has 4 aromatic rings. The van der Waals surface area contributed by atoms with Crippen LogP contribution in [0.1, 0.15) is 136 Å². The van der Waals surface area contributed by atoms with E-state index in [9.17, 15) is 67.9 Å². The molecule has 1 unspecified atom stereocenters. The van der Waals surface area contributed by atoms with Gasteiger partial charge in [-0.2, -0.15) is 0 Å². The molecule has 8 N–H and O–H groups in total. The van der Waals surface area contributed by atoms with Crippen molar-refractivity contribution in [1.29, 1.82) is 0 Å². The fraction of sp³-hybridized carbons (Fsp3) is 0.521. The van der Waals surface area contributed by atoms with Crippen LogP contribution < -0.4 is 36.1 Å². The Morgan fingerprint density at radius 1 is 0.882 bits per heavy atom. The number of phenolic OH excluding ortho intramolecular Hbond substituents is 2. The van der Waals surface area contributed by atoms with Crippen LogP contribution in [0.4, 0.5) is 5.69 Å². The minimum Gasteiger partial charge on any atom is -0.507 e. The molecule has 5 aliphatic heterocycles. The Labute approximate surface area is 593 Å². The zero-order chi connectivity index (χ0) is 75.5. The molecule has 29 heteroatoms. The highest BCUT2D eigenvalue weighted by atomic mass is 31.2. The third-order valence-electron chi connectivity index (χ3n) is 19.4. The first-order valence-electron chi connectivity index (χ1n) is 34.0. The van der Waals surface area contributed by atoms with Gasteiger partial charge in [0, 0.05) is 136 Å². The molecule has 4 aromatic carbocycles. The molecule has 0 saturated carbocycles. The van der Waals surface area contributed by atoms with E-state index in [1.54, 1.807) is 78.0 Å². The number of ether oxygens (including phenoxy) is 6. The largest absolute Gasteiger partial charge is 0.507 e. The Bertz CT molecular complexity index is 4240. The van der Waals surface area contributed by atoms with E-state index in [4.69, 9.17) is 38.4 Å². The van der Waals surface area contributed by atoms with Gasteiger partial charge >= 0.3 is 31.3 Å². The minimum absolute atomic E-state index is 0.0314. The van der Waals surface area contributed by atoms with Gasteiger partial charge in [0.1, 0.15) is 59.0 Å². The number of carbonyl (C=O) groups excluding carboxylic acids is 7. The molecule has 9 rings (SSSR count). The van der Waals surface area contributed by atoms with Gasteiger partial charge in [-0.1, -0.05) is 111 Å². The van der Waals surface area contributed by atoms with Gasteiger partial charge in [0.15, 0.2) is 11.4 Å². The summed E-state index contributed by atoms with van der Waals surface area (Å²) in [5.74, 6) is -13.0. The lowest BCUT2D eigenvalue weighted by atomic mass is 9.78. The number of hydrogen-bond acceptors (Lipinski definition) is 21. The fourth-order valence-electron chi connectivity index (χ4n) is 13.8. The number of methoxy groups -OCH3 is 1. The van der Waals surface area contributed by atoms with Crippen LogP contribution in [0, 0.1) is 36.5 Å². The van der Waals surface area contributed by atoms with Crippen LogP contribution in [-0.2, 0) is 68.7 Å². The van der Waals surface area contributed by atoms with E-state index in [1.165, 1.54) is 79.3 Å². The normalized spacial score (nSPS) is 25.3. The highest BCUT2D eigenvalue weighted by Gasteiger charge is 2.51. The first-order chi connectivity index (χ1) is 47.6. The Kier molecular flexibility index (Phi) is 24.8. The van der Waals surface area contributed by atoms with Gasteiger partial charge in [0.25, 0.3) is 11.7 Å². The van der Waals surface area contributed by atoms with Crippen LogP contribution in [-0.4, -0.2) is 169 Å². The maximum absolute atomic E-state index is 15.1. The molecule has 5 bridgehead atoms. The smallest absolute Gasteiger partial charge is 0.335 e. The molecule has 0 aromatic heterocycles. The Morgan fingerprint density at radius 2 is 1.53 bits per heavy atom. The molecule has 554 valence electrons. The number of likely N-dealkylation sites (tertiary alicyclic amines) is 1. The SMILES string of the molecule is CCC(=O)Oc1ccc(P(=O)(O)CP(=O)(O)O)cc1C(C)(C)CC(=O)N[C@@H](Cc1ccccc1)C(=O)N(C)CC(=O)O[C@@H]1[C@@H](C)[C@@H](O)[C@@H](C)[C@H](OC(C)=O)[C@H](C)[C@@H](OC)/C=C/O[C@@]2(C)Oc3c(C)c(O)c4c(O)c(c5c(c4c3C2=O)=NC2(CCN(CC(C)C)CC2)N=5)NC(=O)/C(C)=C\C=C\[C@@H]1C. The predicted molar refractivity (Wildman–Crippen MR) is 378 cm³/mol. The lowest BCUT2D eigenvalue weighted by Crippen LogP contribution is -2.51. The van der Waals surface area contributed by atoms with E-state index < -0.39 is 158 Å². The molecule has 102 heavy (non-hydrogen) atoms. The maximum Gasteiger partial charge on any atom is 0.335 e. The number of rotatable bonds is 19. The first kappa shape index (κ1) is 79.6. The molecule has 5 heterocycles. The van der Waals surface area contributed by atoms with Crippen LogP contribution in [0.3, 0.4) is 0 Å². The van der Waals surface area contributed by atoms with Crippen LogP contribution in [0.5, 0.6) is 23.0 Å². The number of ketones is 1. The third kappa shape index (κ3) is 17.9. The third-order valence-corrected chi connectivity index (χ3v) is 23.5. The molecule has 1 fully saturated rings. The van der Waals surface area contributed by atoms with Crippen molar-refractivity contribution in [2.24, 2.45) is 39.6 Å². The van der Waals surface area contributed by atoms with Crippen molar-refractivity contribution in [2.45, 2.75) is 169 Å². The number of anilines is 1. The van der Waals surface area contributed by atoms with Crippen molar-refractivity contribution < 1.29 is 101 Å². The van der Waals surface area contributed by atoms with Gasteiger partial charge in [-0.15, -0.1) is 0 Å². The van der Waals surface area contributed by atoms with Crippen LogP contribution in [0.2, 0.25) is 0 Å².